The minimum absolute atomic E-state index is 0.00960. The summed E-state index contributed by atoms with van der Waals surface area (Å²) in [5.74, 6) is -4.54. The van der Waals surface area contributed by atoms with Crippen LogP contribution < -0.4 is 4.72 Å². The molecule has 12 nitrogen and oxygen atoms in total. The van der Waals surface area contributed by atoms with Gasteiger partial charge in [0.2, 0.25) is 27.5 Å². The van der Waals surface area contributed by atoms with Crippen molar-refractivity contribution < 1.29 is 32.7 Å². The Balaban J connectivity index is 1.49. The molecule has 5 aromatic carbocycles. The average molecular weight is 936 g/mol. The molecule has 0 bridgehead atoms. The van der Waals surface area contributed by atoms with Crippen molar-refractivity contribution in [2.24, 2.45) is 5.92 Å². The summed E-state index contributed by atoms with van der Waals surface area (Å²) < 4.78 is 35.4. The van der Waals surface area contributed by atoms with Gasteiger partial charge in [0, 0.05) is 44.0 Å². The van der Waals surface area contributed by atoms with E-state index in [0.29, 0.717) is 24.1 Å². The van der Waals surface area contributed by atoms with Gasteiger partial charge in [0.05, 0.1) is 23.0 Å². The maximum atomic E-state index is 15.2. The van der Waals surface area contributed by atoms with Gasteiger partial charge in [0.15, 0.2) is 0 Å². The quantitative estimate of drug-likeness (QED) is 0.0459. The van der Waals surface area contributed by atoms with E-state index in [9.17, 15) is 24.3 Å². The lowest BCUT2D eigenvalue weighted by molar-refractivity contribution is -0.194. The molecule has 2 heterocycles. The molecule has 6 aromatic rings. The Morgan fingerprint density at radius 2 is 1.32 bits per heavy atom. The topological polar surface area (TPSA) is 159 Å². The first kappa shape index (κ1) is 49.4. The van der Waals surface area contributed by atoms with Crippen molar-refractivity contribution in [1.82, 2.24) is 24.1 Å². The summed E-state index contributed by atoms with van der Waals surface area (Å²) in [7, 11) is -4.60. The molecule has 2 N–H and O–H groups in total. The van der Waals surface area contributed by atoms with E-state index in [1.165, 1.54) is 6.07 Å². The molecule has 0 radical (unpaired) electrons. The summed E-state index contributed by atoms with van der Waals surface area (Å²) in [6.45, 7) is 8.90. The number of rotatable bonds is 19. The highest BCUT2D eigenvalue weighted by atomic mass is 32.2. The van der Waals surface area contributed by atoms with Crippen LogP contribution in [0.25, 0.3) is 11.1 Å². The lowest BCUT2D eigenvalue weighted by atomic mass is 9.70. The number of hydrogen-bond acceptors (Lipinski definition) is 8. The van der Waals surface area contributed by atoms with Crippen LogP contribution in [0.5, 0.6) is 0 Å². The number of benzene rings is 5. The van der Waals surface area contributed by atoms with E-state index < -0.39 is 56.9 Å². The van der Waals surface area contributed by atoms with Gasteiger partial charge in [0.1, 0.15) is 11.8 Å². The molecular weight excluding hydrogens is 875 g/mol. The van der Waals surface area contributed by atoms with Gasteiger partial charge in [-0.1, -0.05) is 160 Å². The maximum absolute atomic E-state index is 15.2. The van der Waals surface area contributed by atoms with Gasteiger partial charge in [-0.15, -0.1) is 0 Å². The van der Waals surface area contributed by atoms with Crippen LogP contribution in [0.2, 0.25) is 0 Å². The molecule has 354 valence electrons. The Morgan fingerprint density at radius 3 is 1.82 bits per heavy atom. The number of aromatic nitrogens is 2. The molecule has 4 atom stereocenters. The van der Waals surface area contributed by atoms with Gasteiger partial charge in [-0.3, -0.25) is 19.4 Å². The Labute approximate surface area is 400 Å². The number of carboxylic acids is 1. The van der Waals surface area contributed by atoms with Crippen LogP contribution in [-0.2, 0) is 34.7 Å². The fourth-order valence-electron chi connectivity index (χ4n) is 10.5. The van der Waals surface area contributed by atoms with Gasteiger partial charge in [0.25, 0.3) is 0 Å². The third-order valence-electron chi connectivity index (χ3n) is 13.6. The number of aliphatic carboxylic acids is 1. The van der Waals surface area contributed by atoms with E-state index in [1.807, 2.05) is 106 Å². The van der Waals surface area contributed by atoms with Crippen molar-refractivity contribution >= 4 is 34.1 Å². The monoisotopic (exact) mass is 935 g/mol. The van der Waals surface area contributed by atoms with E-state index >= 15 is 8.42 Å². The smallest absolute Gasteiger partial charge is 0.347 e. The number of amides is 2. The predicted molar refractivity (Wildman–Crippen MR) is 263 cm³/mol. The number of hydrogen-bond donors (Lipinski definition) is 2. The first-order chi connectivity index (χ1) is 32.8. The fraction of sp³-hybridized carbons (Fsp3) is 0.327. The third kappa shape index (κ3) is 9.10. The molecule has 0 spiro atoms. The standard InChI is InChI=1S/C55H61N5O7S/c1-6-47-48(51-40(5)59(38-56-51)54(43-26-13-9-14-27-43,44-28-15-10-16-29-44)45-30-17-11-18-31-45)37-58(33-19-12-20-34-61)55(53(64)65,60(49(62)7-2)50(63)8-3)52(47)57-68(66,67)46-32-22-25-42(36-46)41-24-21-23-39(4)35-41/h9-11,13-18,21-32,34-36,38,47-48,52,57H,6-8,12,19-20,33,37H2,1-5H3,(H,64,65). The molecular formula is C55H61N5O7S. The number of piperidine rings is 1. The van der Waals surface area contributed by atoms with Crippen LogP contribution in [0.1, 0.15) is 98.9 Å². The van der Waals surface area contributed by atoms with Crippen LogP contribution in [0.3, 0.4) is 0 Å². The number of imidazole rings is 1. The molecule has 4 unspecified atom stereocenters. The lowest BCUT2D eigenvalue weighted by Gasteiger charge is -2.57. The second kappa shape index (κ2) is 21.2. The summed E-state index contributed by atoms with van der Waals surface area (Å²) in [5, 5.41) is 11.9. The third-order valence-corrected chi connectivity index (χ3v) is 15.1. The number of imide groups is 1. The highest BCUT2D eigenvalue weighted by molar-refractivity contribution is 7.89. The number of carboxylic acid groups (broad SMARTS) is 1. The van der Waals surface area contributed by atoms with Crippen LogP contribution in [0.15, 0.2) is 151 Å². The van der Waals surface area contributed by atoms with Crippen LogP contribution >= 0.6 is 0 Å². The van der Waals surface area contributed by atoms with E-state index in [-0.39, 0.29) is 43.7 Å². The van der Waals surface area contributed by atoms with Crippen molar-refractivity contribution in [3.63, 3.8) is 0 Å². The maximum Gasteiger partial charge on any atom is 0.347 e. The number of sulfonamides is 1. The molecule has 1 saturated heterocycles. The number of nitrogens with zero attached hydrogens (tertiary/aromatic N) is 4. The van der Waals surface area contributed by atoms with Crippen LogP contribution in [-0.4, -0.2) is 81.7 Å². The Kier molecular flexibility index (Phi) is 15.4. The molecule has 1 aliphatic heterocycles. The van der Waals surface area contributed by atoms with Crippen molar-refractivity contribution in [3.05, 3.63) is 179 Å². The van der Waals surface area contributed by atoms with Gasteiger partial charge in [-0.2, -0.15) is 0 Å². The largest absolute Gasteiger partial charge is 0.478 e. The SMILES string of the molecule is CCC(=O)N(C(=O)CC)C1(C(=O)O)C(NS(=O)(=O)c2cccc(-c3cccc(C)c3)c2)C(CC)C(c2ncn(C(c3ccccc3)(c3ccccc3)c3ccccc3)c2C)CN1CCCCC=O. The van der Waals surface area contributed by atoms with Crippen LogP contribution in [0, 0.1) is 19.8 Å². The van der Waals surface area contributed by atoms with Gasteiger partial charge in [-0.25, -0.2) is 22.9 Å². The molecule has 13 heteroatoms. The normalized spacial score (nSPS) is 18.8. The van der Waals surface area contributed by atoms with E-state index in [1.54, 1.807) is 37.2 Å². The second-order valence-electron chi connectivity index (χ2n) is 17.5. The number of aldehydes is 1. The summed E-state index contributed by atoms with van der Waals surface area (Å²) in [6, 6.07) is 42.9. The van der Waals surface area contributed by atoms with E-state index in [0.717, 1.165) is 44.7 Å². The highest BCUT2D eigenvalue weighted by Gasteiger charge is 2.65. The summed E-state index contributed by atoms with van der Waals surface area (Å²) in [6.07, 6.45) is 3.31. The Bertz CT molecular complexity index is 2720. The summed E-state index contributed by atoms with van der Waals surface area (Å²) in [4.78, 5) is 62.4. The van der Waals surface area contributed by atoms with E-state index in [2.05, 4.69) is 45.7 Å². The molecule has 0 aliphatic carbocycles. The predicted octanol–water partition coefficient (Wildman–Crippen LogP) is 9.10. The number of unbranched alkanes of at least 4 members (excludes halogenated alkanes) is 2. The molecule has 7 rings (SSSR count). The number of carbonyl (C=O) groups is 4. The van der Waals surface area contributed by atoms with Gasteiger partial charge < -0.3 is 14.5 Å². The van der Waals surface area contributed by atoms with Crippen molar-refractivity contribution in [2.75, 3.05) is 13.1 Å². The average Bonchev–Trinajstić information content (AvgIpc) is 3.74. The molecule has 2 amide bonds. The van der Waals surface area contributed by atoms with Crippen molar-refractivity contribution in [2.45, 2.75) is 101 Å². The van der Waals surface area contributed by atoms with Gasteiger partial charge in [-0.05, 0) is 72.6 Å². The van der Waals surface area contributed by atoms with E-state index in [4.69, 9.17) is 4.98 Å². The highest BCUT2D eigenvalue weighted by Crippen LogP contribution is 2.48. The lowest BCUT2D eigenvalue weighted by Crippen LogP contribution is -2.81. The zero-order valence-electron chi connectivity index (χ0n) is 39.4. The van der Waals surface area contributed by atoms with Crippen molar-refractivity contribution in [1.29, 1.82) is 0 Å². The Hall–Kier alpha value is -6.54. The zero-order chi connectivity index (χ0) is 48.6. The second-order valence-corrected chi connectivity index (χ2v) is 19.3. The molecule has 0 saturated carbocycles. The number of aryl methyl sites for hydroxylation is 1. The van der Waals surface area contributed by atoms with Gasteiger partial charge >= 0.3 is 5.97 Å². The molecule has 68 heavy (non-hydrogen) atoms. The summed E-state index contributed by atoms with van der Waals surface area (Å²) >= 11 is 0. The fourth-order valence-corrected chi connectivity index (χ4v) is 11.8. The first-order valence-corrected chi connectivity index (χ1v) is 25.0. The van der Waals surface area contributed by atoms with Crippen LogP contribution in [0.4, 0.5) is 0 Å². The zero-order valence-corrected chi connectivity index (χ0v) is 40.2. The number of nitrogens with one attached hydrogen (secondary N) is 1. The Morgan fingerprint density at radius 1 is 0.779 bits per heavy atom. The first-order valence-electron chi connectivity index (χ1n) is 23.5. The minimum Gasteiger partial charge on any atom is -0.478 e. The van der Waals surface area contributed by atoms with Crippen molar-refractivity contribution in [3.8, 4) is 11.1 Å². The molecule has 1 aliphatic rings. The number of likely N-dealkylation sites (tertiary alicyclic amines) is 1. The summed E-state index contributed by atoms with van der Waals surface area (Å²) in [5.41, 5.74) is 3.20. The molecule has 1 aromatic heterocycles. The molecule has 1 fully saturated rings. The minimum atomic E-state index is -4.60. The number of carbonyl (C=O) groups excluding carboxylic acids is 3.